The van der Waals surface area contributed by atoms with Gasteiger partial charge in [-0.2, -0.15) is 0 Å². The molecule has 0 aliphatic carbocycles. The maximum absolute atomic E-state index is 10.8. The zero-order valence-corrected chi connectivity index (χ0v) is 6.55. The summed E-state index contributed by atoms with van der Waals surface area (Å²) in [5, 5.41) is 0. The molecule has 0 unspecified atom stereocenters. The Hall–Kier alpha value is -0.570. The van der Waals surface area contributed by atoms with Crippen molar-refractivity contribution in [3.63, 3.8) is 0 Å². The number of rotatable bonds is 0. The largest absolute Gasteiger partial charge is 0.306 e. The van der Waals surface area contributed by atoms with Gasteiger partial charge in [0, 0.05) is 13.1 Å². The number of halogens is 1. The molecule has 0 spiro atoms. The Morgan fingerprint density at radius 1 is 1.56 bits per heavy atom. The molecule has 0 amide bonds. The fourth-order valence-corrected chi connectivity index (χ4v) is 0.866. The van der Waals surface area contributed by atoms with Gasteiger partial charge in [0.05, 0.1) is 4.60 Å². The van der Waals surface area contributed by atoms with E-state index in [9.17, 15) is 4.79 Å². The van der Waals surface area contributed by atoms with E-state index in [-0.39, 0.29) is 5.56 Å². The molecule has 0 aliphatic rings. The normalized spacial score (nSPS) is 9.56. The lowest BCUT2D eigenvalue weighted by atomic mass is 10.5. The highest BCUT2D eigenvalue weighted by atomic mass is 79.9. The van der Waals surface area contributed by atoms with Gasteiger partial charge in [0.15, 0.2) is 0 Å². The molecule has 0 saturated heterocycles. The van der Waals surface area contributed by atoms with Crippen molar-refractivity contribution < 1.29 is 0 Å². The van der Waals surface area contributed by atoms with Gasteiger partial charge in [-0.1, -0.05) is 6.07 Å². The van der Waals surface area contributed by atoms with Gasteiger partial charge in [-0.15, -0.1) is 0 Å². The third-order valence-electron chi connectivity index (χ3n) is 1.12. The van der Waals surface area contributed by atoms with Crippen molar-refractivity contribution in [2.24, 2.45) is 7.05 Å². The Morgan fingerprint density at radius 2 is 2.22 bits per heavy atom. The zero-order chi connectivity index (χ0) is 6.85. The van der Waals surface area contributed by atoms with Crippen molar-refractivity contribution in [3.8, 4) is 0 Å². The molecule has 1 heterocycles. The predicted octanol–water partition coefficient (Wildman–Crippen LogP) is 1.15. The quantitative estimate of drug-likeness (QED) is 0.559. The number of pyridine rings is 1. The van der Waals surface area contributed by atoms with Crippen LogP contribution in [0.25, 0.3) is 0 Å². The molecule has 48 valence electrons. The average Bonchev–Trinajstić information content (AvgIpc) is 1.83. The van der Waals surface area contributed by atoms with Crippen LogP contribution in [0.2, 0.25) is 0 Å². The first-order valence-corrected chi connectivity index (χ1v) is 3.32. The van der Waals surface area contributed by atoms with E-state index in [1.54, 1.807) is 13.1 Å². The van der Waals surface area contributed by atoms with Gasteiger partial charge >= 0.3 is 0 Å². The Labute approximate surface area is 61.3 Å². The SMILES string of the molecule is Cn1c(Br)cccc1=O. The number of hydrogen-bond donors (Lipinski definition) is 0. The van der Waals surface area contributed by atoms with Crippen molar-refractivity contribution in [3.05, 3.63) is 33.2 Å². The Morgan fingerprint density at radius 3 is 2.67 bits per heavy atom. The molecular weight excluding hydrogens is 182 g/mol. The smallest absolute Gasteiger partial charge is 0.251 e. The van der Waals surface area contributed by atoms with E-state index in [2.05, 4.69) is 15.9 Å². The van der Waals surface area contributed by atoms with Gasteiger partial charge in [-0.05, 0) is 22.0 Å². The van der Waals surface area contributed by atoms with Gasteiger partial charge in [0.1, 0.15) is 0 Å². The molecular formula is C6H6BrNO. The number of nitrogens with zero attached hydrogens (tertiary/aromatic N) is 1. The van der Waals surface area contributed by atoms with Gasteiger partial charge in [0.2, 0.25) is 0 Å². The number of hydrogen-bond acceptors (Lipinski definition) is 1. The summed E-state index contributed by atoms with van der Waals surface area (Å²) in [5.41, 5.74) is 0.00405. The second-order valence-corrected chi connectivity index (χ2v) is 2.56. The molecule has 3 heteroatoms. The van der Waals surface area contributed by atoms with Crippen molar-refractivity contribution in [1.29, 1.82) is 0 Å². The molecule has 0 N–H and O–H groups in total. The summed E-state index contributed by atoms with van der Waals surface area (Å²) in [7, 11) is 1.71. The summed E-state index contributed by atoms with van der Waals surface area (Å²) < 4.78 is 2.33. The summed E-state index contributed by atoms with van der Waals surface area (Å²) >= 11 is 3.21. The van der Waals surface area contributed by atoms with Gasteiger partial charge < -0.3 is 4.57 Å². The van der Waals surface area contributed by atoms with Crippen LogP contribution in [0, 0.1) is 0 Å². The minimum absolute atomic E-state index is 0.00405. The predicted molar refractivity (Wildman–Crippen MR) is 39.4 cm³/mol. The highest BCUT2D eigenvalue weighted by Crippen LogP contribution is 2.02. The minimum atomic E-state index is 0.00405. The summed E-state index contributed by atoms with van der Waals surface area (Å²) in [6, 6.07) is 5.05. The van der Waals surface area contributed by atoms with Crippen LogP contribution in [-0.4, -0.2) is 4.57 Å². The van der Waals surface area contributed by atoms with Crippen LogP contribution < -0.4 is 5.56 Å². The minimum Gasteiger partial charge on any atom is -0.306 e. The second-order valence-electron chi connectivity index (χ2n) is 1.75. The van der Waals surface area contributed by atoms with Crippen LogP contribution in [0.5, 0.6) is 0 Å². The lowest BCUT2D eigenvalue weighted by Crippen LogP contribution is -2.14. The molecule has 0 aliphatic heterocycles. The molecule has 0 saturated carbocycles. The van der Waals surface area contributed by atoms with Crippen LogP contribution in [0.1, 0.15) is 0 Å². The summed E-state index contributed by atoms with van der Waals surface area (Å²) in [6.45, 7) is 0. The topological polar surface area (TPSA) is 22.0 Å². The van der Waals surface area contributed by atoms with Crippen molar-refractivity contribution >= 4 is 15.9 Å². The van der Waals surface area contributed by atoms with Crippen LogP contribution >= 0.6 is 15.9 Å². The first kappa shape index (κ1) is 6.55. The monoisotopic (exact) mass is 187 g/mol. The molecule has 0 atom stereocenters. The van der Waals surface area contributed by atoms with E-state index in [4.69, 9.17) is 0 Å². The van der Waals surface area contributed by atoms with Crippen molar-refractivity contribution in [1.82, 2.24) is 4.57 Å². The van der Waals surface area contributed by atoms with Crippen LogP contribution in [0.3, 0.4) is 0 Å². The van der Waals surface area contributed by atoms with Gasteiger partial charge in [-0.3, -0.25) is 4.79 Å². The second kappa shape index (κ2) is 2.35. The van der Waals surface area contributed by atoms with E-state index in [1.165, 1.54) is 10.6 Å². The van der Waals surface area contributed by atoms with E-state index >= 15 is 0 Å². The lowest BCUT2D eigenvalue weighted by Gasteiger charge is -1.96. The highest BCUT2D eigenvalue weighted by Gasteiger charge is 1.90. The molecule has 0 aromatic carbocycles. The number of aromatic nitrogens is 1. The van der Waals surface area contributed by atoms with Crippen LogP contribution in [0.4, 0.5) is 0 Å². The lowest BCUT2D eigenvalue weighted by molar-refractivity contribution is 0.835. The van der Waals surface area contributed by atoms with E-state index < -0.39 is 0 Å². The zero-order valence-electron chi connectivity index (χ0n) is 4.97. The summed E-state index contributed by atoms with van der Waals surface area (Å²) in [5.74, 6) is 0. The molecule has 9 heavy (non-hydrogen) atoms. The maximum atomic E-state index is 10.8. The molecule has 0 radical (unpaired) electrons. The first-order chi connectivity index (χ1) is 4.22. The third kappa shape index (κ3) is 1.21. The van der Waals surface area contributed by atoms with Crippen LogP contribution in [-0.2, 0) is 7.05 Å². The molecule has 1 rings (SSSR count). The van der Waals surface area contributed by atoms with Crippen molar-refractivity contribution in [2.45, 2.75) is 0 Å². The molecule has 0 fully saturated rings. The highest BCUT2D eigenvalue weighted by molar-refractivity contribution is 9.10. The summed E-state index contributed by atoms with van der Waals surface area (Å²) in [4.78, 5) is 10.8. The average molecular weight is 188 g/mol. The Balaban J connectivity index is 3.43. The Kier molecular flexibility index (Phi) is 1.71. The van der Waals surface area contributed by atoms with Crippen molar-refractivity contribution in [2.75, 3.05) is 0 Å². The Bertz CT molecular complexity index is 266. The third-order valence-corrected chi connectivity index (χ3v) is 1.92. The first-order valence-electron chi connectivity index (χ1n) is 2.53. The fraction of sp³-hybridized carbons (Fsp3) is 0.167. The fourth-order valence-electron chi connectivity index (χ4n) is 0.539. The van der Waals surface area contributed by atoms with Gasteiger partial charge in [0.25, 0.3) is 5.56 Å². The maximum Gasteiger partial charge on any atom is 0.251 e. The standard InChI is InChI=1S/C6H6BrNO/c1-8-5(7)3-2-4-6(8)9/h2-4H,1H3. The van der Waals surface area contributed by atoms with E-state index in [1.807, 2.05) is 6.07 Å². The van der Waals surface area contributed by atoms with E-state index in [0.717, 1.165) is 4.60 Å². The molecule has 1 aromatic rings. The van der Waals surface area contributed by atoms with Gasteiger partial charge in [-0.25, -0.2) is 0 Å². The molecule has 2 nitrogen and oxygen atoms in total. The molecule has 1 aromatic heterocycles. The van der Waals surface area contributed by atoms with Crippen LogP contribution in [0.15, 0.2) is 27.6 Å². The molecule has 0 bridgehead atoms. The summed E-state index contributed by atoms with van der Waals surface area (Å²) in [6.07, 6.45) is 0. The van der Waals surface area contributed by atoms with E-state index in [0.29, 0.717) is 0 Å².